The molecule has 29 heavy (non-hydrogen) atoms. The molecule has 0 aliphatic carbocycles. The molecule has 2 rings (SSSR count). The van der Waals surface area contributed by atoms with E-state index in [0.717, 1.165) is 11.6 Å². The molecule has 2 aromatic rings. The van der Waals surface area contributed by atoms with Crippen molar-refractivity contribution in [1.82, 2.24) is 10.6 Å². The number of esters is 1. The molecule has 10 heteroatoms. The molecule has 2 aromatic carbocycles. The fourth-order valence-electron chi connectivity index (χ4n) is 2.32. The number of carbonyl (C=O) groups is 3. The van der Waals surface area contributed by atoms with Crippen LogP contribution in [0.3, 0.4) is 0 Å². The molecule has 3 N–H and O–H groups in total. The number of rotatable bonds is 7. The Labute approximate surface area is 166 Å². The second-order valence-electron chi connectivity index (χ2n) is 5.94. The van der Waals surface area contributed by atoms with E-state index in [9.17, 15) is 24.5 Å². The van der Waals surface area contributed by atoms with Gasteiger partial charge in [0.15, 0.2) is 6.10 Å². The van der Waals surface area contributed by atoms with Gasteiger partial charge in [-0.05, 0) is 18.6 Å². The van der Waals surface area contributed by atoms with Crippen LogP contribution in [0.15, 0.2) is 48.5 Å². The Bertz CT molecular complexity index is 916. The van der Waals surface area contributed by atoms with E-state index in [1.165, 1.54) is 26.1 Å². The van der Waals surface area contributed by atoms with Crippen LogP contribution in [0.4, 0.5) is 16.2 Å². The van der Waals surface area contributed by atoms with Crippen molar-refractivity contribution in [2.24, 2.45) is 0 Å². The first kappa shape index (κ1) is 21.4. The van der Waals surface area contributed by atoms with Gasteiger partial charge in [-0.1, -0.05) is 30.3 Å². The molecule has 0 spiro atoms. The van der Waals surface area contributed by atoms with Gasteiger partial charge < -0.3 is 15.4 Å². The highest BCUT2D eigenvalue weighted by Crippen LogP contribution is 2.24. The van der Waals surface area contributed by atoms with Crippen LogP contribution < -0.4 is 16.0 Å². The van der Waals surface area contributed by atoms with E-state index < -0.39 is 28.9 Å². The Morgan fingerprint density at radius 2 is 1.83 bits per heavy atom. The number of hydrogen-bond acceptors (Lipinski definition) is 7. The summed E-state index contributed by atoms with van der Waals surface area (Å²) in [6.07, 6.45) is -1.29. The van der Waals surface area contributed by atoms with Gasteiger partial charge in [-0.25, -0.2) is 9.59 Å². The fourth-order valence-corrected chi connectivity index (χ4v) is 2.32. The summed E-state index contributed by atoms with van der Waals surface area (Å²) in [7, 11) is 1.33. The number of urea groups is 1. The van der Waals surface area contributed by atoms with E-state index >= 15 is 0 Å². The highest BCUT2D eigenvalue weighted by atomic mass is 16.6. The first-order valence-electron chi connectivity index (χ1n) is 8.61. The summed E-state index contributed by atoms with van der Waals surface area (Å²) >= 11 is 0. The van der Waals surface area contributed by atoms with Crippen molar-refractivity contribution in [3.05, 3.63) is 69.8 Å². The van der Waals surface area contributed by atoms with Crippen molar-refractivity contribution >= 4 is 29.3 Å². The van der Waals surface area contributed by atoms with E-state index in [1.807, 2.05) is 35.6 Å². The molecular formula is C19H20N4O6. The maximum Gasteiger partial charge on any atom is 0.341 e. The zero-order chi connectivity index (χ0) is 21.4. The van der Waals surface area contributed by atoms with Gasteiger partial charge in [-0.3, -0.25) is 20.2 Å². The van der Waals surface area contributed by atoms with Crippen LogP contribution in [-0.2, 0) is 16.1 Å². The normalized spacial score (nSPS) is 11.1. The number of anilines is 1. The lowest BCUT2D eigenvalue weighted by molar-refractivity contribution is -0.384. The summed E-state index contributed by atoms with van der Waals surface area (Å²) in [4.78, 5) is 46.1. The van der Waals surface area contributed by atoms with Crippen molar-refractivity contribution in [3.63, 3.8) is 0 Å². The average molecular weight is 400 g/mol. The molecule has 0 aliphatic heterocycles. The molecule has 10 nitrogen and oxygen atoms in total. The monoisotopic (exact) mass is 400 g/mol. The number of nitrogens with zero attached hydrogens (tertiary/aromatic N) is 1. The predicted octanol–water partition coefficient (Wildman–Crippen LogP) is 2.21. The van der Waals surface area contributed by atoms with Gasteiger partial charge in [-0.2, -0.15) is 0 Å². The number of carbonyl (C=O) groups excluding carboxylic acids is 3. The third kappa shape index (κ3) is 6.03. The van der Waals surface area contributed by atoms with Crippen LogP contribution in [0, 0.1) is 10.1 Å². The summed E-state index contributed by atoms with van der Waals surface area (Å²) in [5, 5.41) is 18.3. The number of amides is 3. The third-order valence-electron chi connectivity index (χ3n) is 3.88. The number of imide groups is 1. The van der Waals surface area contributed by atoms with E-state index in [-0.39, 0.29) is 11.3 Å². The van der Waals surface area contributed by atoms with Crippen molar-refractivity contribution in [1.29, 1.82) is 0 Å². The molecule has 0 heterocycles. The summed E-state index contributed by atoms with van der Waals surface area (Å²) in [5.41, 5.74) is 0.839. The minimum Gasteiger partial charge on any atom is -0.449 e. The third-order valence-corrected chi connectivity index (χ3v) is 3.88. The Morgan fingerprint density at radius 3 is 2.45 bits per heavy atom. The molecule has 0 saturated heterocycles. The predicted molar refractivity (Wildman–Crippen MR) is 104 cm³/mol. The lowest BCUT2D eigenvalue weighted by Gasteiger charge is -2.15. The molecule has 0 unspecified atom stereocenters. The smallest absolute Gasteiger partial charge is 0.341 e. The molecule has 0 bridgehead atoms. The SMILES string of the molecule is CNC(=O)NC(=O)[C@H](C)OC(=O)c1cc([N+](=O)[O-])ccc1NCc1ccccc1. The first-order chi connectivity index (χ1) is 13.8. The van der Waals surface area contributed by atoms with Crippen LogP contribution in [-0.4, -0.2) is 36.0 Å². The first-order valence-corrected chi connectivity index (χ1v) is 8.61. The second kappa shape index (κ2) is 9.83. The largest absolute Gasteiger partial charge is 0.449 e. The molecule has 0 radical (unpaired) electrons. The zero-order valence-corrected chi connectivity index (χ0v) is 15.8. The highest BCUT2D eigenvalue weighted by molar-refractivity contribution is 6.00. The molecule has 152 valence electrons. The minimum atomic E-state index is -1.29. The number of non-ortho nitro benzene ring substituents is 1. The average Bonchev–Trinajstić information content (AvgIpc) is 2.72. The number of benzene rings is 2. The Hall–Kier alpha value is -3.95. The maximum absolute atomic E-state index is 12.6. The van der Waals surface area contributed by atoms with Crippen LogP contribution >= 0.6 is 0 Å². The molecule has 0 aromatic heterocycles. The van der Waals surface area contributed by atoms with Crippen molar-refractivity contribution < 1.29 is 24.0 Å². The summed E-state index contributed by atoms with van der Waals surface area (Å²) in [6.45, 7) is 1.65. The van der Waals surface area contributed by atoms with Gasteiger partial charge in [0, 0.05) is 31.4 Å². The van der Waals surface area contributed by atoms with Gasteiger partial charge in [0.05, 0.1) is 10.5 Å². The lowest BCUT2D eigenvalue weighted by atomic mass is 10.1. The lowest BCUT2D eigenvalue weighted by Crippen LogP contribution is -2.43. The van der Waals surface area contributed by atoms with E-state index in [2.05, 4.69) is 10.6 Å². The van der Waals surface area contributed by atoms with Gasteiger partial charge in [-0.15, -0.1) is 0 Å². The Balaban J connectivity index is 2.19. The van der Waals surface area contributed by atoms with Crippen LogP contribution in [0.25, 0.3) is 0 Å². The number of hydrogen-bond donors (Lipinski definition) is 3. The number of nitrogens with one attached hydrogen (secondary N) is 3. The van der Waals surface area contributed by atoms with Gasteiger partial charge in [0.1, 0.15) is 0 Å². The molecule has 0 aliphatic rings. The topological polar surface area (TPSA) is 140 Å². The highest BCUT2D eigenvalue weighted by Gasteiger charge is 2.24. The standard InChI is InChI=1S/C19H20N4O6/c1-12(17(24)22-19(26)20-2)29-18(25)15-10-14(23(27)28)8-9-16(15)21-11-13-6-4-3-5-7-13/h3-10,12,21H,11H2,1-2H3,(H2,20,22,24,26)/t12-/m0/s1. The minimum absolute atomic E-state index is 0.102. The molecule has 3 amide bonds. The van der Waals surface area contributed by atoms with Gasteiger partial charge in [0.25, 0.3) is 11.6 Å². The van der Waals surface area contributed by atoms with E-state index in [1.54, 1.807) is 0 Å². The number of ether oxygens (including phenoxy) is 1. The number of nitro groups is 1. The quantitative estimate of drug-likeness (QED) is 0.368. The van der Waals surface area contributed by atoms with E-state index in [4.69, 9.17) is 4.74 Å². The van der Waals surface area contributed by atoms with Gasteiger partial charge >= 0.3 is 12.0 Å². The van der Waals surface area contributed by atoms with Gasteiger partial charge in [0.2, 0.25) is 0 Å². The molecule has 1 atom stereocenters. The molecule has 0 saturated carbocycles. The van der Waals surface area contributed by atoms with Crippen molar-refractivity contribution in [3.8, 4) is 0 Å². The summed E-state index contributed by atoms with van der Waals surface area (Å²) in [6, 6.07) is 12.3. The number of nitro benzene ring substituents is 1. The van der Waals surface area contributed by atoms with E-state index in [0.29, 0.717) is 12.2 Å². The second-order valence-corrected chi connectivity index (χ2v) is 5.94. The Kier molecular flexibility index (Phi) is 7.24. The zero-order valence-electron chi connectivity index (χ0n) is 15.8. The molecule has 0 fully saturated rings. The van der Waals surface area contributed by atoms with Crippen molar-refractivity contribution in [2.45, 2.75) is 19.6 Å². The van der Waals surface area contributed by atoms with Crippen LogP contribution in [0.2, 0.25) is 0 Å². The van der Waals surface area contributed by atoms with Crippen LogP contribution in [0.5, 0.6) is 0 Å². The van der Waals surface area contributed by atoms with Crippen molar-refractivity contribution in [2.75, 3.05) is 12.4 Å². The Morgan fingerprint density at radius 1 is 1.14 bits per heavy atom. The molecular weight excluding hydrogens is 380 g/mol. The summed E-state index contributed by atoms with van der Waals surface area (Å²) < 4.78 is 5.08. The van der Waals surface area contributed by atoms with Crippen LogP contribution in [0.1, 0.15) is 22.8 Å². The maximum atomic E-state index is 12.6. The summed E-state index contributed by atoms with van der Waals surface area (Å²) in [5.74, 6) is -1.77. The fraction of sp³-hybridized carbons (Fsp3) is 0.211.